The molecule has 0 saturated carbocycles. The lowest BCUT2D eigenvalue weighted by Crippen LogP contribution is -2.38. The predicted molar refractivity (Wildman–Crippen MR) is 84.0 cm³/mol. The van der Waals surface area contributed by atoms with Crippen molar-refractivity contribution in [2.75, 3.05) is 6.54 Å². The quantitative estimate of drug-likeness (QED) is 0.776. The van der Waals surface area contributed by atoms with E-state index in [-0.39, 0.29) is 17.9 Å². The Morgan fingerprint density at radius 2 is 2.05 bits per heavy atom. The number of urea groups is 1. The van der Waals surface area contributed by atoms with Crippen molar-refractivity contribution in [3.63, 3.8) is 0 Å². The van der Waals surface area contributed by atoms with Gasteiger partial charge in [-0.3, -0.25) is 0 Å². The normalized spacial score (nSPS) is 11.9. The number of rotatable bonds is 6. The van der Waals surface area contributed by atoms with Gasteiger partial charge in [-0.15, -0.1) is 11.3 Å². The van der Waals surface area contributed by atoms with Crippen LogP contribution in [0, 0.1) is 5.82 Å². The summed E-state index contributed by atoms with van der Waals surface area (Å²) in [5.74, 6) is -0.281. The Hall–Kier alpha value is -1.88. The molecule has 2 rings (SSSR count). The molecule has 0 aliphatic heterocycles. The van der Waals surface area contributed by atoms with Gasteiger partial charge >= 0.3 is 6.03 Å². The van der Waals surface area contributed by atoms with Crippen molar-refractivity contribution >= 4 is 17.4 Å². The molecule has 1 heterocycles. The van der Waals surface area contributed by atoms with E-state index in [0.29, 0.717) is 6.54 Å². The van der Waals surface area contributed by atoms with Crippen molar-refractivity contribution in [2.45, 2.75) is 25.8 Å². The molecule has 2 N–H and O–H groups in total. The maximum Gasteiger partial charge on any atom is 0.315 e. The van der Waals surface area contributed by atoms with Crippen molar-refractivity contribution < 1.29 is 9.18 Å². The molecule has 112 valence electrons. The Labute approximate surface area is 128 Å². The van der Waals surface area contributed by atoms with E-state index in [1.165, 1.54) is 12.1 Å². The van der Waals surface area contributed by atoms with E-state index >= 15 is 0 Å². The lowest BCUT2D eigenvalue weighted by molar-refractivity contribution is 0.238. The molecule has 21 heavy (non-hydrogen) atoms. The fraction of sp³-hybridized carbons (Fsp3) is 0.312. The summed E-state index contributed by atoms with van der Waals surface area (Å²) in [4.78, 5) is 13.0. The maximum absolute atomic E-state index is 13.1. The Bertz CT molecular complexity index is 554. The number of carbonyl (C=O) groups excluding carboxylic acids is 1. The number of amides is 2. The van der Waals surface area contributed by atoms with Crippen molar-refractivity contribution in [3.05, 3.63) is 58.0 Å². The zero-order valence-corrected chi connectivity index (χ0v) is 12.8. The minimum atomic E-state index is -0.281. The van der Waals surface area contributed by atoms with Crippen molar-refractivity contribution in [1.29, 1.82) is 0 Å². The first kappa shape index (κ1) is 15.5. The molecule has 1 aromatic heterocycles. The third-order valence-corrected chi connectivity index (χ3v) is 4.06. The largest absolute Gasteiger partial charge is 0.338 e. The number of nitrogens with one attached hydrogen (secondary N) is 2. The third kappa shape index (κ3) is 4.56. The number of unbranched alkanes of at least 4 members (excludes halogenated alkanes) is 1. The highest BCUT2D eigenvalue weighted by atomic mass is 32.1. The first-order valence-corrected chi connectivity index (χ1v) is 7.92. The summed E-state index contributed by atoms with van der Waals surface area (Å²) >= 11 is 1.56. The van der Waals surface area contributed by atoms with Gasteiger partial charge in [0.25, 0.3) is 0 Å². The van der Waals surface area contributed by atoms with Gasteiger partial charge in [-0.2, -0.15) is 0 Å². The molecule has 0 unspecified atom stereocenters. The average Bonchev–Trinajstić information content (AvgIpc) is 3.00. The van der Waals surface area contributed by atoms with Crippen LogP contribution in [0.5, 0.6) is 0 Å². The fourth-order valence-corrected chi connectivity index (χ4v) is 2.79. The topological polar surface area (TPSA) is 41.1 Å². The smallest absolute Gasteiger partial charge is 0.315 e. The second-order valence-corrected chi connectivity index (χ2v) is 5.73. The lowest BCUT2D eigenvalue weighted by atomic mass is 10.1. The number of halogens is 1. The van der Waals surface area contributed by atoms with E-state index in [0.717, 1.165) is 23.3 Å². The molecule has 5 heteroatoms. The zero-order chi connectivity index (χ0) is 15.1. The van der Waals surface area contributed by atoms with Crippen LogP contribution in [0.1, 0.15) is 36.2 Å². The Balaban J connectivity index is 2.10. The number of benzene rings is 1. The van der Waals surface area contributed by atoms with Crippen LogP contribution < -0.4 is 10.6 Å². The summed E-state index contributed by atoms with van der Waals surface area (Å²) in [5, 5.41) is 7.75. The van der Waals surface area contributed by atoms with Crippen LogP contribution in [-0.2, 0) is 0 Å². The lowest BCUT2D eigenvalue weighted by Gasteiger charge is -2.18. The molecule has 2 aromatic rings. The molecule has 0 aliphatic rings. The van der Waals surface area contributed by atoms with E-state index in [1.54, 1.807) is 23.5 Å². The Kier molecular flexibility index (Phi) is 5.75. The second kappa shape index (κ2) is 7.78. The molecule has 0 aliphatic carbocycles. The van der Waals surface area contributed by atoms with Crippen LogP contribution in [0.25, 0.3) is 0 Å². The maximum atomic E-state index is 13.1. The molecular weight excluding hydrogens is 287 g/mol. The van der Waals surface area contributed by atoms with Gasteiger partial charge in [0.15, 0.2) is 0 Å². The summed E-state index contributed by atoms with van der Waals surface area (Å²) in [5.41, 5.74) is 0.865. The highest BCUT2D eigenvalue weighted by Crippen LogP contribution is 2.26. The van der Waals surface area contributed by atoms with Gasteiger partial charge in [0.2, 0.25) is 0 Å². The average molecular weight is 306 g/mol. The van der Waals surface area contributed by atoms with E-state index in [4.69, 9.17) is 0 Å². The monoisotopic (exact) mass is 306 g/mol. The van der Waals surface area contributed by atoms with Crippen molar-refractivity contribution in [1.82, 2.24) is 10.6 Å². The Morgan fingerprint density at radius 1 is 1.29 bits per heavy atom. The minimum Gasteiger partial charge on any atom is -0.338 e. The summed E-state index contributed by atoms with van der Waals surface area (Å²) in [6.45, 7) is 2.73. The van der Waals surface area contributed by atoms with Gasteiger partial charge < -0.3 is 10.6 Å². The van der Waals surface area contributed by atoms with E-state index in [2.05, 4.69) is 17.6 Å². The zero-order valence-electron chi connectivity index (χ0n) is 11.9. The van der Waals surface area contributed by atoms with E-state index < -0.39 is 0 Å². The molecule has 0 bridgehead atoms. The van der Waals surface area contributed by atoms with Gasteiger partial charge in [-0.1, -0.05) is 31.5 Å². The van der Waals surface area contributed by atoms with E-state index in [1.807, 2.05) is 17.5 Å². The van der Waals surface area contributed by atoms with Gasteiger partial charge in [-0.05, 0) is 35.6 Å². The van der Waals surface area contributed by atoms with Crippen molar-refractivity contribution in [3.8, 4) is 0 Å². The van der Waals surface area contributed by atoms with Gasteiger partial charge in [0.05, 0.1) is 6.04 Å². The summed E-state index contributed by atoms with van der Waals surface area (Å²) in [6.07, 6.45) is 1.99. The SMILES string of the molecule is CCCCNC(=O)N[C@@H](c1ccc(F)cc1)c1cccs1. The Morgan fingerprint density at radius 3 is 2.67 bits per heavy atom. The molecule has 1 aromatic carbocycles. The van der Waals surface area contributed by atoms with Crippen LogP contribution >= 0.6 is 11.3 Å². The molecular formula is C16H19FN2OS. The number of thiophene rings is 1. The van der Waals surface area contributed by atoms with Gasteiger partial charge in [0.1, 0.15) is 5.82 Å². The van der Waals surface area contributed by atoms with Crippen LogP contribution in [0.4, 0.5) is 9.18 Å². The summed E-state index contributed by atoms with van der Waals surface area (Å²) in [7, 11) is 0. The minimum absolute atomic E-state index is 0.203. The number of carbonyl (C=O) groups is 1. The van der Waals surface area contributed by atoms with Gasteiger partial charge in [-0.25, -0.2) is 9.18 Å². The van der Waals surface area contributed by atoms with Gasteiger partial charge in [0, 0.05) is 11.4 Å². The second-order valence-electron chi connectivity index (χ2n) is 4.75. The number of hydrogen-bond donors (Lipinski definition) is 2. The molecule has 1 atom stereocenters. The molecule has 3 nitrogen and oxygen atoms in total. The van der Waals surface area contributed by atoms with Crippen LogP contribution in [0.3, 0.4) is 0 Å². The molecule has 0 radical (unpaired) electrons. The summed E-state index contributed by atoms with van der Waals surface area (Å²) < 4.78 is 13.1. The molecule has 0 spiro atoms. The first-order valence-electron chi connectivity index (χ1n) is 7.04. The van der Waals surface area contributed by atoms with E-state index in [9.17, 15) is 9.18 Å². The predicted octanol–water partition coefficient (Wildman–Crippen LogP) is 4.08. The highest BCUT2D eigenvalue weighted by Gasteiger charge is 2.17. The highest BCUT2D eigenvalue weighted by molar-refractivity contribution is 7.10. The first-order chi connectivity index (χ1) is 10.2. The number of hydrogen-bond acceptors (Lipinski definition) is 2. The summed E-state index contributed by atoms with van der Waals surface area (Å²) in [6, 6.07) is 9.66. The molecule has 0 saturated heterocycles. The van der Waals surface area contributed by atoms with Crippen LogP contribution in [-0.4, -0.2) is 12.6 Å². The van der Waals surface area contributed by atoms with Crippen LogP contribution in [0.15, 0.2) is 41.8 Å². The van der Waals surface area contributed by atoms with Crippen LogP contribution in [0.2, 0.25) is 0 Å². The standard InChI is InChI=1S/C16H19FN2OS/c1-2-3-10-18-16(20)19-15(14-5-4-11-21-14)12-6-8-13(17)9-7-12/h4-9,11,15H,2-3,10H2,1H3,(H2,18,19,20)/t15-/m0/s1. The molecule has 0 fully saturated rings. The third-order valence-electron chi connectivity index (χ3n) is 3.12. The van der Waals surface area contributed by atoms with Crippen molar-refractivity contribution in [2.24, 2.45) is 0 Å². The molecule has 2 amide bonds. The fourth-order valence-electron chi connectivity index (χ4n) is 1.99.